The average Bonchev–Trinajstić information content (AvgIpc) is 2.88. The molecule has 8 heteroatoms. The molecular formula is C27H23N3O5. The van der Waals surface area contributed by atoms with Crippen molar-refractivity contribution >= 4 is 28.6 Å². The highest BCUT2D eigenvalue weighted by Crippen LogP contribution is 2.29. The van der Waals surface area contributed by atoms with Gasteiger partial charge in [-0.3, -0.25) is 14.9 Å². The summed E-state index contributed by atoms with van der Waals surface area (Å²) in [6.45, 7) is 2.53. The lowest BCUT2D eigenvalue weighted by Crippen LogP contribution is -2.17. The Hall–Kier alpha value is -4.72. The number of amides is 1. The molecule has 1 N–H and O–H groups in total. The van der Waals surface area contributed by atoms with Crippen molar-refractivity contribution in [2.45, 2.75) is 13.5 Å². The number of fused-ring (bicyclic) bond motifs is 1. The van der Waals surface area contributed by atoms with Gasteiger partial charge in [-0.2, -0.15) is 5.10 Å². The third-order valence-corrected chi connectivity index (χ3v) is 5.20. The van der Waals surface area contributed by atoms with Crippen molar-refractivity contribution in [2.75, 3.05) is 6.61 Å². The summed E-state index contributed by atoms with van der Waals surface area (Å²) < 4.78 is 11.5. The molecule has 0 saturated carbocycles. The van der Waals surface area contributed by atoms with E-state index < -0.39 is 4.92 Å². The molecule has 4 aromatic rings. The van der Waals surface area contributed by atoms with Crippen LogP contribution in [0.2, 0.25) is 0 Å². The number of rotatable bonds is 9. The Morgan fingerprint density at radius 1 is 0.943 bits per heavy atom. The predicted octanol–water partition coefficient (Wildman–Crippen LogP) is 5.49. The van der Waals surface area contributed by atoms with E-state index >= 15 is 0 Å². The maximum Gasteiger partial charge on any atom is 0.271 e. The van der Waals surface area contributed by atoms with Gasteiger partial charge >= 0.3 is 0 Å². The molecule has 1 amide bonds. The lowest BCUT2D eigenvalue weighted by molar-refractivity contribution is -0.384. The molecule has 35 heavy (non-hydrogen) atoms. The lowest BCUT2D eigenvalue weighted by Gasteiger charge is -2.12. The Morgan fingerprint density at radius 2 is 1.71 bits per heavy atom. The van der Waals surface area contributed by atoms with Gasteiger partial charge in [0, 0.05) is 17.7 Å². The van der Waals surface area contributed by atoms with E-state index in [-0.39, 0.29) is 18.2 Å². The van der Waals surface area contributed by atoms with Crippen LogP contribution in [-0.2, 0) is 6.61 Å². The summed E-state index contributed by atoms with van der Waals surface area (Å²) in [4.78, 5) is 22.8. The molecule has 0 unspecified atom stereocenters. The van der Waals surface area contributed by atoms with Crippen LogP contribution in [-0.4, -0.2) is 23.7 Å². The minimum Gasteiger partial charge on any atom is -0.490 e. The number of nitrogens with zero attached hydrogens (tertiary/aromatic N) is 2. The number of carbonyl (C=O) groups excluding carboxylic acids is 1. The Balaban J connectivity index is 1.40. The highest BCUT2D eigenvalue weighted by Gasteiger charge is 2.09. The SMILES string of the molecule is CCOc1cc(/C=N\NC(=O)c2ccc3ccccc3c2)ccc1OCc1ccc([N+](=O)[O-])cc1. The number of benzene rings is 4. The molecule has 176 valence electrons. The summed E-state index contributed by atoms with van der Waals surface area (Å²) in [5.41, 5.74) is 4.60. The van der Waals surface area contributed by atoms with Crippen LogP contribution < -0.4 is 14.9 Å². The topological polar surface area (TPSA) is 103 Å². The number of ether oxygens (including phenoxy) is 2. The third kappa shape index (κ3) is 6.00. The fraction of sp³-hybridized carbons (Fsp3) is 0.111. The summed E-state index contributed by atoms with van der Waals surface area (Å²) in [6, 6.07) is 24.8. The number of nitro benzene ring substituents is 1. The fourth-order valence-electron chi connectivity index (χ4n) is 3.43. The van der Waals surface area contributed by atoms with Gasteiger partial charge in [0.15, 0.2) is 11.5 Å². The molecule has 4 rings (SSSR count). The molecule has 4 aromatic carbocycles. The maximum atomic E-state index is 12.5. The molecule has 0 heterocycles. The molecule has 0 aliphatic heterocycles. The van der Waals surface area contributed by atoms with E-state index in [1.165, 1.54) is 18.3 Å². The van der Waals surface area contributed by atoms with Gasteiger partial charge < -0.3 is 9.47 Å². The molecule has 0 bridgehead atoms. The second-order valence-electron chi connectivity index (χ2n) is 7.61. The van der Waals surface area contributed by atoms with Crippen molar-refractivity contribution in [3.05, 3.63) is 112 Å². The van der Waals surface area contributed by atoms with Crippen LogP contribution >= 0.6 is 0 Å². The number of nitrogens with one attached hydrogen (secondary N) is 1. The number of nitro groups is 1. The summed E-state index contributed by atoms with van der Waals surface area (Å²) in [7, 11) is 0. The lowest BCUT2D eigenvalue weighted by atomic mass is 10.1. The quantitative estimate of drug-likeness (QED) is 0.198. The maximum absolute atomic E-state index is 12.5. The number of carbonyl (C=O) groups is 1. The standard InChI is InChI=1S/C27H23N3O5/c1-2-34-26-15-20(9-14-25(26)35-18-19-7-12-24(13-8-19)30(32)33)17-28-29-27(31)23-11-10-21-5-3-4-6-22(21)16-23/h3-17H,2,18H2,1H3,(H,29,31)/b28-17-. The summed E-state index contributed by atoms with van der Waals surface area (Å²) in [5, 5.41) is 16.9. The van der Waals surface area contributed by atoms with Gasteiger partial charge in [-0.25, -0.2) is 5.43 Å². The number of hydrogen-bond donors (Lipinski definition) is 1. The molecule has 0 saturated heterocycles. The molecule has 0 spiro atoms. The van der Waals surface area contributed by atoms with Crippen molar-refractivity contribution in [1.29, 1.82) is 0 Å². The van der Waals surface area contributed by atoms with Crippen molar-refractivity contribution in [1.82, 2.24) is 5.43 Å². The van der Waals surface area contributed by atoms with E-state index in [9.17, 15) is 14.9 Å². The van der Waals surface area contributed by atoms with Gasteiger partial charge in [0.05, 0.1) is 17.7 Å². The van der Waals surface area contributed by atoms with E-state index in [0.29, 0.717) is 23.7 Å². The molecule has 0 aromatic heterocycles. The van der Waals surface area contributed by atoms with Gasteiger partial charge in [-0.05, 0) is 71.3 Å². The van der Waals surface area contributed by atoms with Gasteiger partial charge in [0.25, 0.3) is 11.6 Å². The number of non-ortho nitro benzene ring substituents is 1. The third-order valence-electron chi connectivity index (χ3n) is 5.20. The number of hydrazone groups is 1. The van der Waals surface area contributed by atoms with Gasteiger partial charge in [-0.15, -0.1) is 0 Å². The molecule has 0 atom stereocenters. The molecule has 0 radical (unpaired) electrons. The first-order valence-electron chi connectivity index (χ1n) is 11.0. The van der Waals surface area contributed by atoms with Crippen LogP contribution in [0.5, 0.6) is 11.5 Å². The second-order valence-corrected chi connectivity index (χ2v) is 7.61. The monoisotopic (exact) mass is 469 g/mol. The number of hydrogen-bond acceptors (Lipinski definition) is 6. The zero-order chi connectivity index (χ0) is 24.6. The van der Waals surface area contributed by atoms with E-state index in [1.807, 2.05) is 43.3 Å². The summed E-state index contributed by atoms with van der Waals surface area (Å²) in [6.07, 6.45) is 1.53. The van der Waals surface area contributed by atoms with Gasteiger partial charge in [-0.1, -0.05) is 30.3 Å². The largest absolute Gasteiger partial charge is 0.490 e. The van der Waals surface area contributed by atoms with Crippen LogP contribution in [0.1, 0.15) is 28.4 Å². The molecule has 8 nitrogen and oxygen atoms in total. The molecule has 0 aliphatic rings. The Morgan fingerprint density at radius 3 is 2.46 bits per heavy atom. The highest BCUT2D eigenvalue weighted by atomic mass is 16.6. The first kappa shape index (κ1) is 23.4. The summed E-state index contributed by atoms with van der Waals surface area (Å²) >= 11 is 0. The molecule has 0 fully saturated rings. The Bertz CT molecular complexity index is 1380. The van der Waals surface area contributed by atoms with Crippen molar-refractivity contribution in [2.24, 2.45) is 5.10 Å². The van der Waals surface area contributed by atoms with E-state index in [0.717, 1.165) is 21.9 Å². The van der Waals surface area contributed by atoms with Crippen LogP contribution in [0, 0.1) is 10.1 Å². The zero-order valence-electron chi connectivity index (χ0n) is 19.0. The van der Waals surface area contributed by atoms with Crippen LogP contribution in [0.4, 0.5) is 5.69 Å². The van der Waals surface area contributed by atoms with Crippen molar-refractivity contribution in [3.8, 4) is 11.5 Å². The van der Waals surface area contributed by atoms with E-state index in [4.69, 9.17) is 9.47 Å². The minimum atomic E-state index is -0.442. The average molecular weight is 469 g/mol. The molecule has 0 aliphatic carbocycles. The van der Waals surface area contributed by atoms with Crippen molar-refractivity contribution in [3.63, 3.8) is 0 Å². The summed E-state index contributed by atoms with van der Waals surface area (Å²) in [5.74, 6) is 0.752. The normalized spacial score (nSPS) is 10.9. The van der Waals surface area contributed by atoms with Gasteiger partial charge in [0.1, 0.15) is 6.61 Å². The second kappa shape index (κ2) is 10.9. The molecular weight excluding hydrogens is 446 g/mol. The fourth-order valence-corrected chi connectivity index (χ4v) is 3.43. The van der Waals surface area contributed by atoms with Crippen LogP contribution in [0.15, 0.2) is 90.0 Å². The van der Waals surface area contributed by atoms with Gasteiger partial charge in [0.2, 0.25) is 0 Å². The first-order chi connectivity index (χ1) is 17.0. The van der Waals surface area contributed by atoms with E-state index in [2.05, 4.69) is 10.5 Å². The highest BCUT2D eigenvalue weighted by molar-refractivity contribution is 5.99. The zero-order valence-corrected chi connectivity index (χ0v) is 19.0. The predicted molar refractivity (Wildman–Crippen MR) is 134 cm³/mol. The van der Waals surface area contributed by atoms with Crippen LogP contribution in [0.3, 0.4) is 0 Å². The first-order valence-corrected chi connectivity index (χ1v) is 11.0. The van der Waals surface area contributed by atoms with E-state index in [1.54, 1.807) is 36.4 Å². The van der Waals surface area contributed by atoms with Crippen LogP contribution in [0.25, 0.3) is 10.8 Å². The smallest absolute Gasteiger partial charge is 0.271 e. The Kier molecular flexibility index (Phi) is 7.32. The minimum absolute atomic E-state index is 0.0279. The Labute approximate surface area is 202 Å². The van der Waals surface area contributed by atoms with Crippen molar-refractivity contribution < 1.29 is 19.2 Å².